The van der Waals surface area contributed by atoms with Crippen LogP contribution in [-0.4, -0.2) is 20.5 Å². The average molecular weight is 280 g/mol. The minimum atomic E-state index is -1.09. The number of carbonyl (C=O) groups is 1. The number of carboxylic acid groups (broad SMARTS) is 1. The molecule has 3 unspecified atom stereocenters. The summed E-state index contributed by atoms with van der Waals surface area (Å²) >= 11 is 0. The summed E-state index contributed by atoms with van der Waals surface area (Å²) < 4.78 is 12.5. The van der Waals surface area contributed by atoms with Gasteiger partial charge in [0.1, 0.15) is 0 Å². The summed E-state index contributed by atoms with van der Waals surface area (Å²) in [5.74, 6) is -0.333. The van der Waals surface area contributed by atoms with Crippen LogP contribution in [0.3, 0.4) is 0 Å². The SMILES string of the molecule is Cc1ccc(S(=O)C2CCCC(C)C2)cc1C(=O)O. The fourth-order valence-corrected chi connectivity index (χ4v) is 4.43. The maximum atomic E-state index is 12.5. The molecule has 3 nitrogen and oxygen atoms in total. The van der Waals surface area contributed by atoms with Crippen LogP contribution in [0.4, 0.5) is 0 Å². The molecule has 0 spiro atoms. The van der Waals surface area contributed by atoms with Gasteiger partial charge in [-0.3, -0.25) is 4.21 Å². The number of carboxylic acids is 1. The first-order chi connectivity index (χ1) is 8.99. The first-order valence-corrected chi connectivity index (χ1v) is 7.95. The second-order valence-corrected chi connectivity index (χ2v) is 7.21. The Balaban J connectivity index is 2.24. The number of hydrogen-bond acceptors (Lipinski definition) is 2. The van der Waals surface area contributed by atoms with Crippen molar-refractivity contribution in [2.75, 3.05) is 0 Å². The highest BCUT2D eigenvalue weighted by molar-refractivity contribution is 7.85. The molecular weight excluding hydrogens is 260 g/mol. The molecule has 19 heavy (non-hydrogen) atoms. The Bertz CT molecular complexity index is 510. The zero-order valence-corrected chi connectivity index (χ0v) is 12.2. The van der Waals surface area contributed by atoms with Crippen molar-refractivity contribution in [1.29, 1.82) is 0 Å². The average Bonchev–Trinajstić information content (AvgIpc) is 2.38. The standard InChI is InChI=1S/C15H20O3S/c1-10-4-3-5-12(8-10)19(18)13-7-6-11(2)14(9-13)15(16)17/h6-7,9-10,12H,3-5,8H2,1-2H3,(H,16,17). The summed E-state index contributed by atoms with van der Waals surface area (Å²) in [5.41, 5.74) is 0.972. The first-order valence-electron chi connectivity index (χ1n) is 6.73. The normalized spacial score (nSPS) is 24.9. The molecule has 1 N–H and O–H groups in total. The number of rotatable bonds is 3. The van der Waals surface area contributed by atoms with E-state index in [9.17, 15) is 9.00 Å². The molecule has 0 aliphatic heterocycles. The van der Waals surface area contributed by atoms with Crippen LogP contribution in [0.15, 0.2) is 23.1 Å². The van der Waals surface area contributed by atoms with E-state index in [1.54, 1.807) is 25.1 Å². The maximum absolute atomic E-state index is 12.5. The van der Waals surface area contributed by atoms with Gasteiger partial charge in [-0.05, 0) is 43.4 Å². The Kier molecular flexibility index (Phi) is 4.40. The van der Waals surface area contributed by atoms with Gasteiger partial charge in [0.15, 0.2) is 0 Å². The van der Waals surface area contributed by atoms with Gasteiger partial charge in [-0.15, -0.1) is 0 Å². The molecule has 0 radical (unpaired) electrons. The molecule has 1 aliphatic rings. The van der Waals surface area contributed by atoms with E-state index >= 15 is 0 Å². The lowest BCUT2D eigenvalue weighted by atomic mass is 9.91. The van der Waals surface area contributed by atoms with Gasteiger partial charge in [-0.1, -0.05) is 25.8 Å². The summed E-state index contributed by atoms with van der Waals surface area (Å²) in [6.07, 6.45) is 4.29. The summed E-state index contributed by atoms with van der Waals surface area (Å²) in [5, 5.41) is 9.30. The highest BCUT2D eigenvalue weighted by Crippen LogP contribution is 2.30. The zero-order valence-electron chi connectivity index (χ0n) is 11.4. The molecule has 4 heteroatoms. The smallest absolute Gasteiger partial charge is 0.335 e. The third kappa shape index (κ3) is 3.24. The topological polar surface area (TPSA) is 54.4 Å². The summed E-state index contributed by atoms with van der Waals surface area (Å²) in [6, 6.07) is 5.13. The molecule has 104 valence electrons. The van der Waals surface area contributed by atoms with Crippen LogP contribution in [0.25, 0.3) is 0 Å². The quantitative estimate of drug-likeness (QED) is 0.923. The fraction of sp³-hybridized carbons (Fsp3) is 0.533. The van der Waals surface area contributed by atoms with Gasteiger partial charge < -0.3 is 5.11 Å². The first kappa shape index (κ1) is 14.3. The monoisotopic (exact) mass is 280 g/mol. The van der Waals surface area contributed by atoms with Gasteiger partial charge in [0.2, 0.25) is 0 Å². The molecule has 1 aromatic rings. The van der Waals surface area contributed by atoms with Crippen LogP contribution in [0.5, 0.6) is 0 Å². The van der Waals surface area contributed by atoms with E-state index in [0.29, 0.717) is 16.4 Å². The van der Waals surface area contributed by atoms with Crippen molar-refractivity contribution in [3.63, 3.8) is 0 Å². The van der Waals surface area contributed by atoms with Crippen molar-refractivity contribution in [2.24, 2.45) is 5.92 Å². The molecule has 0 heterocycles. The third-order valence-corrected chi connectivity index (χ3v) is 5.61. The largest absolute Gasteiger partial charge is 0.478 e. The molecule has 0 amide bonds. The predicted molar refractivity (Wildman–Crippen MR) is 76.0 cm³/mol. The van der Waals surface area contributed by atoms with E-state index in [2.05, 4.69) is 6.92 Å². The lowest BCUT2D eigenvalue weighted by Crippen LogP contribution is -2.23. The molecule has 3 atom stereocenters. The fourth-order valence-electron chi connectivity index (χ4n) is 2.72. The van der Waals surface area contributed by atoms with Crippen molar-refractivity contribution in [2.45, 2.75) is 49.7 Å². The third-order valence-electron chi connectivity index (χ3n) is 3.86. The predicted octanol–water partition coefficient (Wildman–Crippen LogP) is 3.38. The summed E-state index contributed by atoms with van der Waals surface area (Å²) in [6.45, 7) is 3.96. The van der Waals surface area contributed by atoms with Crippen LogP contribution in [0.2, 0.25) is 0 Å². The lowest BCUT2D eigenvalue weighted by Gasteiger charge is -2.26. The van der Waals surface area contributed by atoms with E-state index in [1.807, 2.05) is 0 Å². The second-order valence-electron chi connectivity index (χ2n) is 5.47. The zero-order chi connectivity index (χ0) is 14.0. The molecule has 1 aromatic carbocycles. The molecule has 0 bridgehead atoms. The maximum Gasteiger partial charge on any atom is 0.335 e. The van der Waals surface area contributed by atoms with Crippen molar-refractivity contribution >= 4 is 16.8 Å². The van der Waals surface area contributed by atoms with E-state index in [4.69, 9.17) is 5.11 Å². The Morgan fingerprint density at radius 3 is 2.74 bits per heavy atom. The van der Waals surface area contributed by atoms with Gasteiger partial charge >= 0.3 is 5.97 Å². The van der Waals surface area contributed by atoms with Crippen molar-refractivity contribution in [1.82, 2.24) is 0 Å². The highest BCUT2D eigenvalue weighted by Gasteiger charge is 2.25. The Hall–Kier alpha value is -1.16. The molecule has 0 saturated heterocycles. The van der Waals surface area contributed by atoms with Crippen LogP contribution < -0.4 is 0 Å². The second kappa shape index (κ2) is 5.87. The van der Waals surface area contributed by atoms with Gasteiger partial charge in [0.05, 0.1) is 16.4 Å². The van der Waals surface area contributed by atoms with Gasteiger partial charge in [0, 0.05) is 10.1 Å². The molecular formula is C15H20O3S. The van der Waals surface area contributed by atoms with E-state index in [-0.39, 0.29) is 10.8 Å². The lowest BCUT2D eigenvalue weighted by molar-refractivity contribution is 0.0696. The molecule has 2 rings (SSSR count). The Labute approximate surface area is 116 Å². The number of benzene rings is 1. The van der Waals surface area contributed by atoms with Crippen LogP contribution in [0, 0.1) is 12.8 Å². The highest BCUT2D eigenvalue weighted by atomic mass is 32.2. The van der Waals surface area contributed by atoms with E-state index < -0.39 is 16.8 Å². The Morgan fingerprint density at radius 1 is 1.37 bits per heavy atom. The van der Waals surface area contributed by atoms with Crippen molar-refractivity contribution in [3.8, 4) is 0 Å². The number of aryl methyl sites for hydroxylation is 1. The van der Waals surface area contributed by atoms with Crippen LogP contribution in [-0.2, 0) is 10.8 Å². The van der Waals surface area contributed by atoms with E-state index in [1.165, 1.54) is 6.42 Å². The minimum Gasteiger partial charge on any atom is -0.478 e. The summed E-state index contributed by atoms with van der Waals surface area (Å²) in [7, 11) is -1.09. The van der Waals surface area contributed by atoms with Crippen LogP contribution in [0.1, 0.15) is 48.5 Å². The minimum absolute atomic E-state index is 0.174. The molecule has 1 fully saturated rings. The van der Waals surface area contributed by atoms with Crippen LogP contribution >= 0.6 is 0 Å². The summed E-state index contributed by atoms with van der Waals surface area (Å²) in [4.78, 5) is 11.8. The van der Waals surface area contributed by atoms with Gasteiger partial charge in [0.25, 0.3) is 0 Å². The van der Waals surface area contributed by atoms with Crippen molar-refractivity contribution < 1.29 is 14.1 Å². The molecule has 0 aromatic heterocycles. The van der Waals surface area contributed by atoms with Crippen molar-refractivity contribution in [3.05, 3.63) is 29.3 Å². The molecule has 1 aliphatic carbocycles. The van der Waals surface area contributed by atoms with Gasteiger partial charge in [-0.25, -0.2) is 4.79 Å². The van der Waals surface area contributed by atoms with Gasteiger partial charge in [-0.2, -0.15) is 0 Å². The Morgan fingerprint density at radius 2 is 2.11 bits per heavy atom. The molecule has 1 saturated carbocycles. The number of hydrogen-bond donors (Lipinski definition) is 1. The van der Waals surface area contributed by atoms with E-state index in [0.717, 1.165) is 19.3 Å². The number of aromatic carboxylic acids is 1.